The fourth-order valence-electron chi connectivity index (χ4n) is 4.42. The van der Waals surface area contributed by atoms with Crippen molar-refractivity contribution >= 4 is 17.6 Å². The Morgan fingerprint density at radius 2 is 1.88 bits per heavy atom. The van der Waals surface area contributed by atoms with E-state index in [1.807, 2.05) is 5.43 Å². The molecule has 2 heterocycles. The monoisotopic (exact) mass is 482 g/mol. The average Bonchev–Trinajstić information content (AvgIpc) is 3.09. The van der Waals surface area contributed by atoms with E-state index in [0.29, 0.717) is 0 Å². The maximum absolute atomic E-state index is 14.4. The molecule has 0 spiro atoms. The van der Waals surface area contributed by atoms with Gasteiger partial charge in [0.05, 0.1) is 6.04 Å². The van der Waals surface area contributed by atoms with Crippen LogP contribution in [0.1, 0.15) is 56.8 Å². The van der Waals surface area contributed by atoms with Crippen LogP contribution in [-0.2, 0) is 4.79 Å². The second kappa shape index (κ2) is 8.76. The van der Waals surface area contributed by atoms with Gasteiger partial charge in [0, 0.05) is 30.5 Å². The number of carbonyl (C=O) groups is 3. The number of carbonyl (C=O) groups excluding carboxylic acids is 3. The maximum Gasteiger partial charge on any atom is 0.298 e. The highest BCUT2D eigenvalue weighted by molar-refractivity contribution is 6.07. The molecular weight excluding hydrogens is 463 g/mol. The van der Waals surface area contributed by atoms with Gasteiger partial charge in [-0.1, -0.05) is 18.2 Å². The summed E-state index contributed by atoms with van der Waals surface area (Å²) in [5.41, 5.74) is 1.60. The van der Waals surface area contributed by atoms with Gasteiger partial charge in [-0.15, -0.1) is 0 Å². The summed E-state index contributed by atoms with van der Waals surface area (Å²) in [4.78, 5) is 37.8. The van der Waals surface area contributed by atoms with Crippen LogP contribution in [0.4, 0.5) is 22.0 Å². The molecule has 0 aromatic heterocycles. The van der Waals surface area contributed by atoms with Gasteiger partial charge in [0.25, 0.3) is 24.2 Å². The summed E-state index contributed by atoms with van der Waals surface area (Å²) in [5.74, 6) is -2.07. The lowest BCUT2D eigenvalue weighted by Crippen LogP contribution is -2.54. The summed E-state index contributed by atoms with van der Waals surface area (Å²) < 4.78 is 69.7. The van der Waals surface area contributed by atoms with Crippen LogP contribution in [0.3, 0.4) is 0 Å². The Labute approximate surface area is 190 Å². The van der Waals surface area contributed by atoms with E-state index < -0.39 is 67.2 Å². The normalized spacial score (nSPS) is 22.1. The lowest BCUT2D eigenvalue weighted by atomic mass is 9.93. The molecule has 1 fully saturated rings. The van der Waals surface area contributed by atoms with E-state index in [1.165, 1.54) is 24.3 Å². The predicted octanol–water partition coefficient (Wildman–Crippen LogP) is 3.15. The molecule has 34 heavy (non-hydrogen) atoms. The second-order valence-electron chi connectivity index (χ2n) is 8.07. The molecule has 2 atom stereocenters. The van der Waals surface area contributed by atoms with Crippen LogP contribution in [0, 0.1) is 5.82 Å². The number of Topliss-reactive ketones (excluding diaryl/α,β-unsaturated/α-hetero) is 1. The Balaban J connectivity index is 1.83. The van der Waals surface area contributed by atoms with Crippen LogP contribution in [-0.4, -0.2) is 46.5 Å². The molecule has 180 valence electrons. The van der Waals surface area contributed by atoms with Gasteiger partial charge in [0.2, 0.25) is 5.78 Å². The highest BCUT2D eigenvalue weighted by Crippen LogP contribution is 2.46. The Kier molecular flexibility index (Phi) is 6.13. The van der Waals surface area contributed by atoms with Gasteiger partial charge in [-0.25, -0.2) is 32.8 Å². The van der Waals surface area contributed by atoms with Gasteiger partial charge in [0.15, 0.2) is 0 Å². The number of nitrogen functional groups attached to an aromatic ring is 1. The van der Waals surface area contributed by atoms with Gasteiger partial charge in [-0.05, 0) is 35.4 Å². The first-order chi connectivity index (χ1) is 16.0. The predicted molar refractivity (Wildman–Crippen MR) is 108 cm³/mol. The number of piperidine rings is 1. The maximum atomic E-state index is 14.4. The molecule has 2 unspecified atom stereocenters. The van der Waals surface area contributed by atoms with Crippen LogP contribution in [0.5, 0.6) is 0 Å². The van der Waals surface area contributed by atoms with E-state index in [2.05, 4.69) is 0 Å². The number of halogens is 5. The topological polar surface area (TPSA) is 95.7 Å². The molecule has 0 aliphatic carbocycles. The molecule has 2 aromatic carbocycles. The number of rotatable bonds is 5. The quantitative estimate of drug-likeness (QED) is 0.296. The molecule has 2 aliphatic rings. The van der Waals surface area contributed by atoms with Crippen molar-refractivity contribution in [2.75, 3.05) is 6.54 Å². The molecule has 2 amide bonds. The third kappa shape index (κ3) is 4.14. The zero-order chi connectivity index (χ0) is 24.8. The molecule has 7 nitrogen and oxygen atoms in total. The largest absolute Gasteiger partial charge is 0.298 e. The highest BCUT2D eigenvalue weighted by Gasteiger charge is 2.51. The number of nitrogens with two attached hydrogens (primary N) is 1. The van der Waals surface area contributed by atoms with Crippen molar-refractivity contribution in [1.29, 1.82) is 0 Å². The molecule has 2 aliphatic heterocycles. The smallest absolute Gasteiger partial charge is 0.290 e. The van der Waals surface area contributed by atoms with Gasteiger partial charge in [-0.3, -0.25) is 24.8 Å². The van der Waals surface area contributed by atoms with Crippen molar-refractivity contribution in [2.24, 2.45) is 5.84 Å². The first-order valence-electron chi connectivity index (χ1n) is 10.2. The molecule has 1 saturated heterocycles. The van der Waals surface area contributed by atoms with E-state index in [9.17, 15) is 36.3 Å². The molecule has 0 saturated carbocycles. The Morgan fingerprint density at radius 1 is 1.15 bits per heavy atom. The summed E-state index contributed by atoms with van der Waals surface area (Å²) in [6, 6.07) is 5.20. The molecular formula is C22H19F5N4O3. The average molecular weight is 482 g/mol. The van der Waals surface area contributed by atoms with Crippen molar-refractivity contribution in [2.45, 2.75) is 37.3 Å². The zero-order valence-electron chi connectivity index (χ0n) is 17.5. The second-order valence-corrected chi connectivity index (χ2v) is 8.07. The number of benzene rings is 2. The number of amides is 2. The van der Waals surface area contributed by atoms with Gasteiger partial charge < -0.3 is 0 Å². The fourth-order valence-corrected chi connectivity index (χ4v) is 4.42. The Bertz CT molecular complexity index is 1160. The Hall–Kier alpha value is -3.38. The van der Waals surface area contributed by atoms with E-state index in [0.717, 1.165) is 28.2 Å². The van der Waals surface area contributed by atoms with Crippen molar-refractivity contribution in [3.63, 3.8) is 0 Å². The SMILES string of the molecule is NNC(=O)c1ccc2c(c1)C(=O)N(N1CCC(F)(F)CC1c1cccc(F)c1)C2C(=O)C(F)F. The number of hydrogen-bond acceptors (Lipinski definition) is 5. The third-order valence-electron chi connectivity index (χ3n) is 5.98. The van der Waals surface area contributed by atoms with E-state index in [1.54, 1.807) is 0 Å². The van der Waals surface area contributed by atoms with Crippen LogP contribution >= 0.6 is 0 Å². The number of hydrogen-bond donors (Lipinski definition) is 2. The van der Waals surface area contributed by atoms with Gasteiger partial charge >= 0.3 is 0 Å². The van der Waals surface area contributed by atoms with E-state index >= 15 is 0 Å². The first kappa shape index (κ1) is 23.8. The van der Waals surface area contributed by atoms with E-state index in [4.69, 9.17) is 5.84 Å². The number of hydrazine groups is 2. The van der Waals surface area contributed by atoms with Crippen molar-refractivity contribution in [3.05, 3.63) is 70.5 Å². The molecule has 3 N–H and O–H groups in total. The minimum Gasteiger partial charge on any atom is -0.290 e. The van der Waals surface area contributed by atoms with Crippen molar-refractivity contribution in [1.82, 2.24) is 15.4 Å². The van der Waals surface area contributed by atoms with E-state index in [-0.39, 0.29) is 22.3 Å². The van der Waals surface area contributed by atoms with Crippen LogP contribution < -0.4 is 11.3 Å². The lowest BCUT2D eigenvalue weighted by molar-refractivity contribution is -0.160. The minimum absolute atomic E-state index is 0.0634. The fraction of sp³-hybridized carbons (Fsp3) is 0.318. The van der Waals surface area contributed by atoms with Crippen molar-refractivity contribution in [3.8, 4) is 0 Å². The summed E-state index contributed by atoms with van der Waals surface area (Å²) in [6.45, 7) is -0.461. The third-order valence-corrected chi connectivity index (χ3v) is 5.98. The number of fused-ring (bicyclic) bond motifs is 1. The van der Waals surface area contributed by atoms with Gasteiger partial charge in [-0.2, -0.15) is 0 Å². The van der Waals surface area contributed by atoms with Gasteiger partial charge in [0.1, 0.15) is 11.9 Å². The van der Waals surface area contributed by atoms with Crippen LogP contribution in [0.2, 0.25) is 0 Å². The highest BCUT2D eigenvalue weighted by atomic mass is 19.3. The molecule has 4 rings (SSSR count). The summed E-state index contributed by atoms with van der Waals surface area (Å²) in [6.07, 6.45) is -5.00. The lowest BCUT2D eigenvalue weighted by Gasteiger charge is -2.45. The Morgan fingerprint density at radius 3 is 2.53 bits per heavy atom. The molecule has 2 aromatic rings. The first-order valence-corrected chi connectivity index (χ1v) is 10.2. The number of nitrogens with one attached hydrogen (secondary N) is 1. The number of ketones is 1. The molecule has 0 bridgehead atoms. The van der Waals surface area contributed by atoms with Crippen molar-refractivity contribution < 1.29 is 36.3 Å². The zero-order valence-corrected chi connectivity index (χ0v) is 17.5. The van der Waals surface area contributed by atoms with Crippen LogP contribution in [0.25, 0.3) is 0 Å². The summed E-state index contributed by atoms with van der Waals surface area (Å²) in [7, 11) is 0. The number of alkyl halides is 4. The van der Waals surface area contributed by atoms with Crippen LogP contribution in [0.15, 0.2) is 42.5 Å². The minimum atomic E-state index is -3.46. The standard InChI is InChI=1S/C22H19F5N4O3/c23-13-3-1-2-11(8-13)16-10-22(26,27)6-7-30(16)31-17(18(32)19(24)25)14-5-4-12(20(33)29-28)9-15(14)21(31)34/h1-5,8-9,16-17,19H,6-7,10,28H2,(H,29,33). The molecule has 0 radical (unpaired) electrons. The number of nitrogens with zero attached hydrogens (tertiary/aromatic N) is 2. The summed E-state index contributed by atoms with van der Waals surface area (Å²) >= 11 is 0. The summed E-state index contributed by atoms with van der Waals surface area (Å²) in [5, 5.41) is 1.84. The molecule has 12 heteroatoms.